The molecule has 14 heteroatoms. The topological polar surface area (TPSA) is 177 Å². The van der Waals surface area contributed by atoms with E-state index >= 15 is 0 Å². The normalized spacial score (nSPS) is 14.1. The van der Waals surface area contributed by atoms with Gasteiger partial charge in [0.25, 0.3) is 0 Å². The number of aromatic nitrogens is 6. The van der Waals surface area contributed by atoms with E-state index in [9.17, 15) is 24.6 Å². The Morgan fingerprint density at radius 3 is 1.88 bits per heavy atom. The van der Waals surface area contributed by atoms with Gasteiger partial charge in [0.1, 0.15) is 28.7 Å². The minimum absolute atomic E-state index is 0.00337. The molecule has 0 atom stereocenters. The molecule has 2 aromatic carbocycles. The van der Waals surface area contributed by atoms with Crippen molar-refractivity contribution >= 4 is 41.6 Å². The quantitative estimate of drug-likeness (QED) is 0.153. The number of benzene rings is 2. The van der Waals surface area contributed by atoms with Crippen molar-refractivity contribution in [2.24, 2.45) is 0 Å². The molecule has 51 heavy (non-hydrogen) atoms. The lowest BCUT2D eigenvalue weighted by molar-refractivity contribution is 0.0575. The number of hydrogen-bond acceptors (Lipinski definition) is 11. The molecule has 3 N–H and O–H groups in total. The van der Waals surface area contributed by atoms with Crippen molar-refractivity contribution in [1.82, 2.24) is 29.2 Å². The maximum atomic E-state index is 13.0. The Kier molecular flexibility index (Phi) is 8.59. The number of fused-ring (bicyclic) bond motifs is 2. The summed E-state index contributed by atoms with van der Waals surface area (Å²) in [6, 6.07) is 17.6. The van der Waals surface area contributed by atoms with E-state index in [-0.39, 0.29) is 17.5 Å². The van der Waals surface area contributed by atoms with Gasteiger partial charge in [0.05, 0.1) is 34.9 Å². The van der Waals surface area contributed by atoms with Crippen LogP contribution in [0.4, 0.5) is 16.4 Å². The van der Waals surface area contributed by atoms with E-state index in [1.165, 1.54) is 16.9 Å². The van der Waals surface area contributed by atoms with Crippen molar-refractivity contribution in [1.29, 1.82) is 0 Å². The largest absolute Gasteiger partial charge is 0.508 e. The average Bonchev–Trinajstić information content (AvgIpc) is 4.02. The summed E-state index contributed by atoms with van der Waals surface area (Å²) >= 11 is 0. The maximum Gasteiger partial charge on any atom is 0.416 e. The fourth-order valence-electron chi connectivity index (χ4n) is 5.52. The number of aldehydes is 2. The molecule has 0 bridgehead atoms. The Labute approximate surface area is 292 Å². The standard InChI is InChI=1S/C21H22N4O4.C16H14N4O2/c1-21(2,3)29-20(28)24(15-7-8-15)18-10-17(13-5-4-6-16(27)9-13)23-19-14(12-26)11-22-25(18)19;21-9-11-8-17-20-15(18-12-4-5-12)7-14(19-16(11)20)10-2-1-3-13(22)6-10/h4-6,9-12,15,27H,7-8H2,1-3H3;1-3,6-9,12,18,22H,4-5H2. The Morgan fingerprint density at radius 2 is 1.37 bits per heavy atom. The van der Waals surface area contributed by atoms with Crippen molar-refractivity contribution < 1.29 is 29.3 Å². The van der Waals surface area contributed by atoms with Crippen molar-refractivity contribution in [3.8, 4) is 34.0 Å². The molecule has 2 saturated carbocycles. The first-order valence-corrected chi connectivity index (χ1v) is 16.6. The van der Waals surface area contributed by atoms with E-state index in [0.29, 0.717) is 57.5 Å². The van der Waals surface area contributed by atoms with Gasteiger partial charge in [0, 0.05) is 35.3 Å². The molecule has 0 saturated heterocycles. The molecule has 6 aromatic rings. The third kappa shape index (κ3) is 7.20. The van der Waals surface area contributed by atoms with Gasteiger partial charge in [-0.3, -0.25) is 14.5 Å². The Balaban J connectivity index is 0.000000165. The van der Waals surface area contributed by atoms with Gasteiger partial charge >= 0.3 is 6.09 Å². The van der Waals surface area contributed by atoms with Crippen molar-refractivity contribution in [2.75, 3.05) is 10.2 Å². The maximum absolute atomic E-state index is 13.0. The fraction of sp³-hybridized carbons (Fsp3) is 0.270. The van der Waals surface area contributed by atoms with E-state index in [2.05, 4.69) is 25.5 Å². The molecular weight excluding hydrogens is 652 g/mol. The average molecular weight is 689 g/mol. The number of carbonyl (C=O) groups excluding carboxylic acids is 3. The summed E-state index contributed by atoms with van der Waals surface area (Å²) in [5.41, 5.74) is 3.61. The van der Waals surface area contributed by atoms with Crippen molar-refractivity contribution in [2.45, 2.75) is 64.1 Å². The van der Waals surface area contributed by atoms with Gasteiger partial charge in [-0.05, 0) is 70.7 Å². The number of hydrogen-bond donors (Lipinski definition) is 3. The Hall–Kier alpha value is -6.31. The highest BCUT2D eigenvalue weighted by molar-refractivity contribution is 5.91. The number of nitrogens with zero attached hydrogens (tertiary/aromatic N) is 7. The third-order valence-corrected chi connectivity index (χ3v) is 8.20. The van der Waals surface area contributed by atoms with Crippen LogP contribution >= 0.6 is 0 Å². The number of phenolic OH excluding ortho intramolecular Hbond substituents is 2. The molecule has 0 radical (unpaired) electrons. The van der Waals surface area contributed by atoms with E-state index in [1.807, 2.05) is 32.9 Å². The van der Waals surface area contributed by atoms with E-state index in [0.717, 1.165) is 43.4 Å². The summed E-state index contributed by atoms with van der Waals surface area (Å²) in [6.07, 6.45) is 7.87. The molecule has 0 unspecified atom stereocenters. The summed E-state index contributed by atoms with van der Waals surface area (Å²) in [4.78, 5) is 46.3. The van der Waals surface area contributed by atoms with Crippen LogP contribution < -0.4 is 10.2 Å². The van der Waals surface area contributed by atoms with Gasteiger partial charge in [-0.2, -0.15) is 19.2 Å². The fourth-order valence-corrected chi connectivity index (χ4v) is 5.52. The molecule has 0 spiro atoms. The van der Waals surface area contributed by atoms with Gasteiger partial charge in [-0.15, -0.1) is 0 Å². The van der Waals surface area contributed by atoms with E-state index in [4.69, 9.17) is 4.74 Å². The van der Waals surface area contributed by atoms with Crippen LogP contribution in [0.3, 0.4) is 0 Å². The molecule has 1 amide bonds. The number of carbonyl (C=O) groups is 3. The van der Waals surface area contributed by atoms with E-state index < -0.39 is 11.7 Å². The van der Waals surface area contributed by atoms with E-state index in [1.54, 1.807) is 57.9 Å². The second-order valence-electron chi connectivity index (χ2n) is 13.5. The van der Waals surface area contributed by atoms with Crippen LogP contribution in [0.1, 0.15) is 67.2 Å². The second-order valence-corrected chi connectivity index (χ2v) is 13.5. The predicted molar refractivity (Wildman–Crippen MR) is 189 cm³/mol. The zero-order valence-electron chi connectivity index (χ0n) is 28.2. The lowest BCUT2D eigenvalue weighted by Crippen LogP contribution is -2.39. The van der Waals surface area contributed by atoms with Crippen LogP contribution in [-0.2, 0) is 4.74 Å². The Morgan fingerprint density at radius 1 is 0.824 bits per heavy atom. The summed E-state index contributed by atoms with van der Waals surface area (Å²) in [7, 11) is 0. The highest BCUT2D eigenvalue weighted by atomic mass is 16.6. The zero-order valence-corrected chi connectivity index (χ0v) is 28.2. The molecule has 2 aliphatic carbocycles. The summed E-state index contributed by atoms with van der Waals surface area (Å²) in [5, 5.41) is 31.4. The predicted octanol–water partition coefficient (Wildman–Crippen LogP) is 6.31. The zero-order chi connectivity index (χ0) is 35.9. The highest BCUT2D eigenvalue weighted by Crippen LogP contribution is 2.36. The summed E-state index contributed by atoms with van der Waals surface area (Å²) in [5.74, 6) is 1.55. The SMILES string of the molecule is CC(C)(C)OC(=O)N(c1cc(-c2cccc(O)c2)nc2c(C=O)cnn12)C1CC1.O=Cc1cnn2c(NC3CC3)cc(-c3cccc(O)c3)nc12. The van der Waals surface area contributed by atoms with Crippen LogP contribution in [0.25, 0.3) is 33.8 Å². The molecule has 14 nitrogen and oxygen atoms in total. The Bertz CT molecular complexity index is 2280. The number of aromatic hydroxyl groups is 2. The van der Waals surface area contributed by atoms with Gasteiger partial charge in [0.2, 0.25) is 0 Å². The van der Waals surface area contributed by atoms with Crippen molar-refractivity contribution in [3.63, 3.8) is 0 Å². The molecule has 4 aromatic heterocycles. The number of phenols is 2. The molecule has 0 aliphatic heterocycles. The second kappa shape index (κ2) is 13.2. The number of amides is 1. The molecule has 2 fully saturated rings. The molecule has 260 valence electrons. The van der Waals surface area contributed by atoms with Gasteiger partial charge < -0.3 is 20.3 Å². The van der Waals surface area contributed by atoms with Crippen LogP contribution in [-0.4, -0.2) is 75.8 Å². The number of nitrogens with one attached hydrogen (secondary N) is 1. The first kappa shape index (κ1) is 33.2. The van der Waals surface area contributed by atoms with Crippen LogP contribution in [0.2, 0.25) is 0 Å². The highest BCUT2D eigenvalue weighted by Gasteiger charge is 2.38. The molecule has 2 aliphatic rings. The number of anilines is 2. The van der Waals surface area contributed by atoms with Crippen molar-refractivity contribution in [3.05, 3.63) is 84.2 Å². The minimum atomic E-state index is -0.650. The monoisotopic (exact) mass is 688 g/mol. The first-order valence-electron chi connectivity index (χ1n) is 16.6. The summed E-state index contributed by atoms with van der Waals surface area (Å²) < 4.78 is 8.75. The molecular formula is C37H36N8O6. The minimum Gasteiger partial charge on any atom is -0.508 e. The first-order chi connectivity index (χ1) is 24.5. The number of rotatable bonds is 8. The summed E-state index contributed by atoms with van der Waals surface area (Å²) in [6.45, 7) is 5.44. The molecule has 8 rings (SSSR count). The lowest BCUT2D eigenvalue weighted by atomic mass is 10.1. The number of ether oxygens (including phenoxy) is 1. The van der Waals surface area contributed by atoms with Crippen LogP contribution in [0.5, 0.6) is 11.5 Å². The lowest BCUT2D eigenvalue weighted by Gasteiger charge is -2.27. The van der Waals surface area contributed by atoms with Gasteiger partial charge in [-0.25, -0.2) is 14.8 Å². The van der Waals surface area contributed by atoms with Crippen LogP contribution in [0.15, 0.2) is 73.1 Å². The van der Waals surface area contributed by atoms with Gasteiger partial charge in [-0.1, -0.05) is 24.3 Å². The third-order valence-electron chi connectivity index (χ3n) is 8.20. The van der Waals surface area contributed by atoms with Crippen LogP contribution in [0, 0.1) is 0 Å². The van der Waals surface area contributed by atoms with Gasteiger partial charge in [0.15, 0.2) is 23.9 Å². The molecule has 4 heterocycles. The smallest absolute Gasteiger partial charge is 0.416 e.